The molecule has 2 amide bonds. The van der Waals surface area contributed by atoms with E-state index < -0.39 is 0 Å². The second-order valence-electron chi connectivity index (χ2n) is 7.01. The number of hydrogen-bond acceptors (Lipinski definition) is 4. The highest BCUT2D eigenvalue weighted by atomic mass is 16.2. The zero-order chi connectivity index (χ0) is 16.5. The molecular formula is C16H24N4O2. The Hall–Kier alpha value is -1.98. The van der Waals surface area contributed by atoms with E-state index in [1.807, 2.05) is 34.6 Å². The Morgan fingerprint density at radius 2 is 1.95 bits per heavy atom. The maximum atomic E-state index is 12.4. The van der Waals surface area contributed by atoms with Crippen molar-refractivity contribution in [2.24, 2.45) is 5.92 Å². The van der Waals surface area contributed by atoms with Gasteiger partial charge in [-0.25, -0.2) is 4.98 Å². The quantitative estimate of drug-likeness (QED) is 0.928. The van der Waals surface area contributed by atoms with Crippen LogP contribution in [0.2, 0.25) is 0 Å². The average molecular weight is 304 g/mol. The fourth-order valence-corrected chi connectivity index (χ4v) is 2.62. The maximum Gasteiger partial charge on any atom is 0.231 e. The lowest BCUT2D eigenvalue weighted by molar-refractivity contribution is -0.131. The van der Waals surface area contributed by atoms with Gasteiger partial charge in [-0.05, 0) is 26.7 Å². The van der Waals surface area contributed by atoms with Gasteiger partial charge in [0.05, 0.1) is 11.6 Å². The van der Waals surface area contributed by atoms with Crippen LogP contribution in [0.25, 0.3) is 0 Å². The third-order valence-electron chi connectivity index (χ3n) is 3.82. The van der Waals surface area contributed by atoms with Gasteiger partial charge in [-0.3, -0.25) is 14.6 Å². The number of aromatic nitrogens is 2. The van der Waals surface area contributed by atoms with E-state index >= 15 is 0 Å². The molecule has 120 valence electrons. The average Bonchev–Trinajstić information content (AvgIpc) is 2.81. The lowest BCUT2D eigenvalue weighted by Gasteiger charge is -2.31. The van der Waals surface area contributed by atoms with Crippen molar-refractivity contribution < 1.29 is 9.59 Å². The van der Waals surface area contributed by atoms with Gasteiger partial charge in [-0.1, -0.05) is 13.8 Å². The number of hydrogen-bond donors (Lipinski definition) is 1. The molecule has 1 aromatic heterocycles. The van der Waals surface area contributed by atoms with E-state index in [1.54, 1.807) is 17.3 Å². The number of amides is 2. The first-order valence-corrected chi connectivity index (χ1v) is 7.62. The molecule has 6 heteroatoms. The predicted molar refractivity (Wildman–Crippen MR) is 84.3 cm³/mol. The van der Waals surface area contributed by atoms with E-state index in [1.165, 1.54) is 0 Å². The van der Waals surface area contributed by atoms with Crippen molar-refractivity contribution in [2.75, 3.05) is 11.9 Å². The molecule has 0 saturated carbocycles. The molecule has 0 aromatic carbocycles. The molecule has 6 nitrogen and oxygen atoms in total. The minimum absolute atomic E-state index is 0.0240. The Bertz CT molecular complexity index is 578. The van der Waals surface area contributed by atoms with Crippen LogP contribution in [0.3, 0.4) is 0 Å². The molecule has 1 aliphatic heterocycles. The molecule has 1 saturated heterocycles. The normalized spacial score (nSPS) is 18.9. The largest absolute Gasteiger partial charge is 0.337 e. The van der Waals surface area contributed by atoms with Crippen LogP contribution < -0.4 is 5.32 Å². The monoisotopic (exact) mass is 304 g/mol. The Balaban J connectivity index is 2.10. The van der Waals surface area contributed by atoms with E-state index in [0.717, 1.165) is 5.69 Å². The van der Waals surface area contributed by atoms with Crippen LogP contribution in [0.1, 0.15) is 52.7 Å². The molecule has 1 N–H and O–H groups in total. The van der Waals surface area contributed by atoms with Gasteiger partial charge >= 0.3 is 0 Å². The van der Waals surface area contributed by atoms with Crippen LogP contribution in [0.4, 0.5) is 5.82 Å². The summed E-state index contributed by atoms with van der Waals surface area (Å²) in [6.45, 7) is 10.4. The minimum atomic E-state index is -0.339. The second-order valence-corrected chi connectivity index (χ2v) is 7.01. The first kappa shape index (κ1) is 16.4. The Morgan fingerprint density at radius 3 is 2.50 bits per heavy atom. The highest BCUT2D eigenvalue weighted by molar-refractivity contribution is 5.97. The van der Waals surface area contributed by atoms with E-state index in [9.17, 15) is 9.59 Å². The van der Waals surface area contributed by atoms with Crippen LogP contribution in [0, 0.1) is 5.92 Å². The first-order chi connectivity index (χ1) is 10.2. The summed E-state index contributed by atoms with van der Waals surface area (Å²) in [4.78, 5) is 34.8. The van der Waals surface area contributed by atoms with E-state index in [4.69, 9.17) is 0 Å². The van der Waals surface area contributed by atoms with Crippen LogP contribution in [-0.4, -0.2) is 38.8 Å². The molecule has 1 atom stereocenters. The van der Waals surface area contributed by atoms with Crippen molar-refractivity contribution >= 4 is 17.6 Å². The number of rotatable bonds is 3. The third-order valence-corrected chi connectivity index (χ3v) is 3.82. The van der Waals surface area contributed by atoms with Crippen molar-refractivity contribution in [3.8, 4) is 0 Å². The molecule has 1 aromatic rings. The summed E-state index contributed by atoms with van der Waals surface area (Å²) in [6, 6.07) is 0. The van der Waals surface area contributed by atoms with Gasteiger partial charge in [-0.15, -0.1) is 0 Å². The number of nitrogens with zero attached hydrogens (tertiary/aromatic N) is 3. The molecule has 2 heterocycles. The second kappa shape index (κ2) is 6.02. The van der Waals surface area contributed by atoms with Gasteiger partial charge in [0.1, 0.15) is 0 Å². The van der Waals surface area contributed by atoms with Gasteiger partial charge < -0.3 is 10.2 Å². The fourth-order valence-electron chi connectivity index (χ4n) is 2.62. The van der Waals surface area contributed by atoms with Crippen molar-refractivity contribution in [2.45, 2.75) is 52.5 Å². The third kappa shape index (κ3) is 3.43. The summed E-state index contributed by atoms with van der Waals surface area (Å²) < 4.78 is 0. The number of nitrogens with one attached hydrogen (secondary N) is 1. The topological polar surface area (TPSA) is 75.2 Å². The standard InChI is InChI=1S/C16H24N4O2/c1-10(2)13-14(18-7-6-17-13)19-15(22)11-8-12(21)20(9-11)16(3,4)5/h6-7,10-11H,8-9H2,1-5H3,(H,18,19,22). The van der Waals surface area contributed by atoms with Crippen LogP contribution >= 0.6 is 0 Å². The van der Waals surface area contributed by atoms with E-state index in [0.29, 0.717) is 12.4 Å². The highest BCUT2D eigenvalue weighted by Crippen LogP contribution is 2.27. The molecule has 22 heavy (non-hydrogen) atoms. The lowest BCUT2D eigenvalue weighted by Crippen LogP contribution is -2.42. The molecule has 1 unspecified atom stereocenters. The summed E-state index contributed by atoms with van der Waals surface area (Å²) in [6.07, 6.45) is 3.43. The summed E-state index contributed by atoms with van der Waals surface area (Å²) in [5.41, 5.74) is 0.495. The van der Waals surface area contributed by atoms with Crippen LogP contribution in [0.5, 0.6) is 0 Å². The number of likely N-dealkylation sites (tertiary alicyclic amines) is 1. The van der Waals surface area contributed by atoms with E-state index in [-0.39, 0.29) is 35.6 Å². The van der Waals surface area contributed by atoms with Crippen molar-refractivity contribution in [3.05, 3.63) is 18.1 Å². The molecule has 0 bridgehead atoms. The van der Waals surface area contributed by atoms with Gasteiger partial charge in [-0.2, -0.15) is 0 Å². The smallest absolute Gasteiger partial charge is 0.231 e. The van der Waals surface area contributed by atoms with Crippen molar-refractivity contribution in [1.29, 1.82) is 0 Å². The van der Waals surface area contributed by atoms with Gasteiger partial charge in [0.2, 0.25) is 11.8 Å². The summed E-state index contributed by atoms with van der Waals surface area (Å²) in [5.74, 6) is 0.177. The Labute approximate surface area is 131 Å². The van der Waals surface area contributed by atoms with E-state index in [2.05, 4.69) is 15.3 Å². The molecule has 2 rings (SSSR count). The molecule has 0 aliphatic carbocycles. The molecule has 0 spiro atoms. The predicted octanol–water partition coefficient (Wildman–Crippen LogP) is 2.19. The van der Waals surface area contributed by atoms with Crippen LogP contribution in [0.15, 0.2) is 12.4 Å². The minimum Gasteiger partial charge on any atom is -0.337 e. The Morgan fingerprint density at radius 1 is 1.32 bits per heavy atom. The van der Waals surface area contributed by atoms with Gasteiger partial charge in [0.15, 0.2) is 5.82 Å². The van der Waals surface area contributed by atoms with Crippen molar-refractivity contribution in [3.63, 3.8) is 0 Å². The summed E-state index contributed by atoms with van der Waals surface area (Å²) in [7, 11) is 0. The summed E-state index contributed by atoms with van der Waals surface area (Å²) >= 11 is 0. The van der Waals surface area contributed by atoms with Crippen molar-refractivity contribution in [1.82, 2.24) is 14.9 Å². The summed E-state index contributed by atoms with van der Waals surface area (Å²) in [5, 5.41) is 2.83. The van der Waals surface area contributed by atoms with Crippen LogP contribution in [-0.2, 0) is 9.59 Å². The van der Waals surface area contributed by atoms with Gasteiger partial charge in [0.25, 0.3) is 0 Å². The SMILES string of the molecule is CC(C)c1nccnc1NC(=O)C1CC(=O)N(C(C)(C)C)C1. The highest BCUT2D eigenvalue weighted by Gasteiger charge is 2.39. The molecule has 0 radical (unpaired) electrons. The zero-order valence-electron chi connectivity index (χ0n) is 13.9. The zero-order valence-corrected chi connectivity index (χ0v) is 13.9. The number of carbonyl (C=O) groups excluding carboxylic acids is 2. The van der Waals surface area contributed by atoms with Gasteiger partial charge in [0, 0.05) is 30.9 Å². The molecular weight excluding hydrogens is 280 g/mol. The maximum absolute atomic E-state index is 12.4. The number of anilines is 1. The number of carbonyl (C=O) groups is 2. The molecule has 1 fully saturated rings. The fraction of sp³-hybridized carbons (Fsp3) is 0.625. The lowest BCUT2D eigenvalue weighted by atomic mass is 10.1. The molecule has 1 aliphatic rings. The first-order valence-electron chi connectivity index (χ1n) is 7.62. The Kier molecular flexibility index (Phi) is 4.49.